The van der Waals surface area contributed by atoms with Crippen molar-refractivity contribution < 1.29 is 31.9 Å². The second-order valence-electron chi connectivity index (χ2n) is 6.02. The van der Waals surface area contributed by atoms with E-state index < -0.39 is 41.7 Å². The minimum Gasteiger partial charge on any atom is -0.466 e. The summed E-state index contributed by atoms with van der Waals surface area (Å²) in [4.78, 5) is 23.5. The van der Waals surface area contributed by atoms with E-state index in [0.717, 1.165) is 13.0 Å². The van der Waals surface area contributed by atoms with Gasteiger partial charge in [-0.3, -0.25) is 9.59 Å². The summed E-state index contributed by atoms with van der Waals surface area (Å²) in [5, 5.41) is 2.08. The fourth-order valence-corrected chi connectivity index (χ4v) is 2.16. The minimum absolute atomic E-state index is 0.215. The van der Waals surface area contributed by atoms with E-state index in [1.807, 2.05) is 0 Å². The van der Waals surface area contributed by atoms with Gasteiger partial charge in [0, 0.05) is 0 Å². The molecule has 0 aliphatic rings. The number of esters is 1. The van der Waals surface area contributed by atoms with Gasteiger partial charge < -0.3 is 15.8 Å². The molecule has 0 radical (unpaired) electrons. The standard InChI is InChI=1S/C17H22F4N2O3/c1-4-26-16(25)9(2)7-11-5-6-12(18)13(8-11)23-15(24)14(22)10(3)17(19,20)21/h5-6,8-10,14H,4,7,22H2,1-3H3,(H,23,24)/t9-,10?,14+/m1/s1. The number of hydrogen-bond acceptors (Lipinski definition) is 4. The highest BCUT2D eigenvalue weighted by molar-refractivity contribution is 5.95. The number of amides is 1. The molecule has 1 amide bonds. The molecule has 0 saturated heterocycles. The summed E-state index contributed by atoms with van der Waals surface area (Å²) in [6.07, 6.45) is -4.43. The molecule has 0 fully saturated rings. The zero-order valence-electron chi connectivity index (χ0n) is 14.7. The molecule has 0 saturated carbocycles. The number of alkyl halides is 3. The average molecular weight is 378 g/mol. The highest BCUT2D eigenvalue weighted by Gasteiger charge is 2.42. The summed E-state index contributed by atoms with van der Waals surface area (Å²) in [5.41, 5.74) is 5.54. The Bertz CT molecular complexity index is 649. The number of nitrogens with one attached hydrogen (secondary N) is 1. The Morgan fingerprint density at radius 3 is 2.42 bits per heavy atom. The highest BCUT2D eigenvalue weighted by Crippen LogP contribution is 2.28. The van der Waals surface area contributed by atoms with E-state index in [-0.39, 0.29) is 18.7 Å². The van der Waals surface area contributed by atoms with Gasteiger partial charge in [0.1, 0.15) is 5.82 Å². The van der Waals surface area contributed by atoms with Crippen molar-refractivity contribution in [1.82, 2.24) is 0 Å². The Hall–Kier alpha value is -2.16. The highest BCUT2D eigenvalue weighted by atomic mass is 19.4. The number of halogens is 4. The maximum absolute atomic E-state index is 13.9. The van der Waals surface area contributed by atoms with E-state index >= 15 is 0 Å². The van der Waals surface area contributed by atoms with Gasteiger partial charge in [-0.1, -0.05) is 19.9 Å². The largest absolute Gasteiger partial charge is 0.466 e. The van der Waals surface area contributed by atoms with Crippen LogP contribution in [0.15, 0.2) is 18.2 Å². The van der Waals surface area contributed by atoms with E-state index in [4.69, 9.17) is 10.5 Å². The molecule has 0 bridgehead atoms. The zero-order chi connectivity index (χ0) is 20.1. The lowest BCUT2D eigenvalue weighted by Gasteiger charge is -2.22. The minimum atomic E-state index is -4.65. The number of anilines is 1. The van der Waals surface area contributed by atoms with Crippen molar-refractivity contribution in [3.8, 4) is 0 Å². The van der Waals surface area contributed by atoms with Gasteiger partial charge in [-0.15, -0.1) is 0 Å². The van der Waals surface area contributed by atoms with Crippen LogP contribution in [0.3, 0.4) is 0 Å². The van der Waals surface area contributed by atoms with Crippen molar-refractivity contribution in [2.24, 2.45) is 17.6 Å². The van der Waals surface area contributed by atoms with Gasteiger partial charge in [0.25, 0.3) is 0 Å². The number of carbonyl (C=O) groups is 2. The van der Waals surface area contributed by atoms with Crippen LogP contribution < -0.4 is 11.1 Å². The van der Waals surface area contributed by atoms with E-state index in [0.29, 0.717) is 5.56 Å². The molecule has 0 spiro atoms. The molecule has 0 heterocycles. The lowest BCUT2D eigenvalue weighted by atomic mass is 9.99. The Morgan fingerprint density at radius 2 is 1.88 bits per heavy atom. The van der Waals surface area contributed by atoms with Gasteiger partial charge in [0.05, 0.1) is 30.2 Å². The summed E-state index contributed by atoms with van der Waals surface area (Å²) in [5.74, 6) is -4.99. The Morgan fingerprint density at radius 1 is 1.27 bits per heavy atom. The maximum Gasteiger partial charge on any atom is 0.393 e. The van der Waals surface area contributed by atoms with Gasteiger partial charge >= 0.3 is 12.1 Å². The molecule has 26 heavy (non-hydrogen) atoms. The van der Waals surface area contributed by atoms with Crippen molar-refractivity contribution in [1.29, 1.82) is 0 Å². The third-order valence-corrected chi connectivity index (χ3v) is 3.88. The number of nitrogens with two attached hydrogens (primary N) is 1. The molecular weight excluding hydrogens is 356 g/mol. The van der Waals surface area contributed by atoms with Crippen LogP contribution in [0.5, 0.6) is 0 Å². The third-order valence-electron chi connectivity index (χ3n) is 3.88. The summed E-state index contributed by atoms with van der Waals surface area (Å²) >= 11 is 0. The smallest absolute Gasteiger partial charge is 0.393 e. The van der Waals surface area contributed by atoms with E-state index in [2.05, 4.69) is 5.32 Å². The van der Waals surface area contributed by atoms with Gasteiger partial charge in [0.15, 0.2) is 0 Å². The molecule has 1 aromatic rings. The molecule has 0 aliphatic heterocycles. The average Bonchev–Trinajstić information content (AvgIpc) is 2.55. The maximum atomic E-state index is 13.9. The van der Waals surface area contributed by atoms with Crippen molar-refractivity contribution >= 4 is 17.6 Å². The molecule has 1 aromatic carbocycles. The monoisotopic (exact) mass is 378 g/mol. The summed E-state index contributed by atoms with van der Waals surface area (Å²) in [6.45, 7) is 4.29. The van der Waals surface area contributed by atoms with Crippen LogP contribution in [-0.2, 0) is 20.7 Å². The molecule has 3 atom stereocenters. The van der Waals surface area contributed by atoms with Crippen LogP contribution in [0.4, 0.5) is 23.2 Å². The lowest BCUT2D eigenvalue weighted by molar-refractivity contribution is -0.176. The number of carbonyl (C=O) groups excluding carboxylic acids is 2. The molecule has 1 rings (SSSR count). The zero-order valence-corrected chi connectivity index (χ0v) is 14.7. The van der Waals surface area contributed by atoms with Gasteiger partial charge in [-0.25, -0.2) is 4.39 Å². The van der Waals surface area contributed by atoms with Gasteiger partial charge in [-0.05, 0) is 31.0 Å². The SMILES string of the molecule is CCOC(=O)[C@H](C)Cc1ccc(F)c(NC(=O)[C@@H](N)C(C)C(F)(F)F)c1. The van der Waals surface area contributed by atoms with E-state index in [1.165, 1.54) is 12.1 Å². The summed E-state index contributed by atoms with van der Waals surface area (Å²) in [7, 11) is 0. The topological polar surface area (TPSA) is 81.4 Å². The van der Waals surface area contributed by atoms with Gasteiger partial charge in [0.2, 0.25) is 5.91 Å². The van der Waals surface area contributed by atoms with Crippen LogP contribution >= 0.6 is 0 Å². The third kappa shape index (κ3) is 5.98. The van der Waals surface area contributed by atoms with Crippen LogP contribution in [0, 0.1) is 17.7 Å². The number of ether oxygens (including phenoxy) is 1. The van der Waals surface area contributed by atoms with Crippen molar-refractivity contribution in [2.45, 2.75) is 39.4 Å². The second-order valence-corrected chi connectivity index (χ2v) is 6.02. The first-order valence-electron chi connectivity index (χ1n) is 8.05. The van der Waals surface area contributed by atoms with E-state index in [9.17, 15) is 27.2 Å². The first-order valence-corrected chi connectivity index (χ1v) is 8.05. The fourth-order valence-electron chi connectivity index (χ4n) is 2.16. The quantitative estimate of drug-likeness (QED) is 0.565. The van der Waals surface area contributed by atoms with Crippen LogP contribution in [0.1, 0.15) is 26.3 Å². The fraction of sp³-hybridized carbons (Fsp3) is 0.529. The molecule has 5 nitrogen and oxygen atoms in total. The number of rotatable bonds is 7. The lowest BCUT2D eigenvalue weighted by Crippen LogP contribution is -2.46. The Kier molecular flexibility index (Phi) is 7.55. The molecule has 9 heteroatoms. The first kappa shape index (κ1) is 21.9. The van der Waals surface area contributed by atoms with Crippen LogP contribution in [0.2, 0.25) is 0 Å². The first-order chi connectivity index (χ1) is 12.0. The van der Waals surface area contributed by atoms with Crippen molar-refractivity contribution in [3.05, 3.63) is 29.6 Å². The second kappa shape index (κ2) is 8.98. The predicted octanol–water partition coefficient (Wildman–Crippen LogP) is 3.03. The molecular formula is C17H22F4N2O3. The Balaban J connectivity index is 2.87. The predicted molar refractivity (Wildman–Crippen MR) is 87.7 cm³/mol. The van der Waals surface area contributed by atoms with Gasteiger partial charge in [-0.2, -0.15) is 13.2 Å². The number of hydrogen-bond donors (Lipinski definition) is 2. The molecule has 3 N–H and O–H groups in total. The molecule has 1 unspecified atom stereocenters. The Labute approximate surface area is 148 Å². The van der Waals surface area contributed by atoms with E-state index in [1.54, 1.807) is 13.8 Å². The van der Waals surface area contributed by atoms with Crippen LogP contribution in [0.25, 0.3) is 0 Å². The summed E-state index contributed by atoms with van der Waals surface area (Å²) in [6, 6.07) is 1.85. The van der Waals surface area contributed by atoms with Crippen molar-refractivity contribution in [3.63, 3.8) is 0 Å². The number of benzene rings is 1. The van der Waals surface area contributed by atoms with Crippen LogP contribution in [-0.4, -0.2) is 30.7 Å². The normalized spacial score (nSPS) is 15.1. The molecule has 0 aliphatic carbocycles. The molecule has 146 valence electrons. The summed E-state index contributed by atoms with van der Waals surface area (Å²) < 4.78 is 56.7. The van der Waals surface area contributed by atoms with Crippen molar-refractivity contribution in [2.75, 3.05) is 11.9 Å². The molecule has 0 aromatic heterocycles.